The fraction of sp³-hybridized carbons (Fsp3) is 0.500. The number of non-ortho nitro benzene ring substituents is 1. The summed E-state index contributed by atoms with van der Waals surface area (Å²) in [6.45, 7) is 1.57. The zero-order valence-electron chi connectivity index (χ0n) is 11.4. The number of ether oxygens (including phenoxy) is 1. The third-order valence-electron chi connectivity index (χ3n) is 2.67. The van der Waals surface area contributed by atoms with Crippen LogP contribution in [-0.2, 0) is 11.3 Å². The Hall–Kier alpha value is -2.10. The Balaban J connectivity index is 2.51. The Bertz CT molecular complexity index is 494. The summed E-state index contributed by atoms with van der Waals surface area (Å²) in [5.74, 6) is 0. The number of aliphatic hydroxyl groups is 1. The topological polar surface area (TPSA) is 128 Å². The van der Waals surface area contributed by atoms with E-state index in [1.807, 2.05) is 0 Å². The van der Waals surface area contributed by atoms with Crippen molar-refractivity contribution in [3.8, 4) is 0 Å². The number of hydrogen-bond donors (Lipinski definition) is 2. The first-order valence-corrected chi connectivity index (χ1v) is 6.37. The Labute approximate surface area is 120 Å². The van der Waals surface area contributed by atoms with E-state index in [-0.39, 0.29) is 31.1 Å². The predicted molar refractivity (Wildman–Crippen MR) is 74.0 cm³/mol. The van der Waals surface area contributed by atoms with Crippen LogP contribution in [0.25, 0.3) is 0 Å². The first kappa shape index (κ1) is 17.0. The highest BCUT2D eigenvalue weighted by Gasteiger charge is 2.18. The van der Waals surface area contributed by atoms with Gasteiger partial charge in [-0.1, -0.05) is 0 Å². The molecule has 0 unspecified atom stereocenters. The van der Waals surface area contributed by atoms with Gasteiger partial charge in [0.05, 0.1) is 29.1 Å². The molecule has 0 atom stereocenters. The van der Waals surface area contributed by atoms with Gasteiger partial charge in [-0.3, -0.25) is 20.2 Å². The van der Waals surface area contributed by atoms with Gasteiger partial charge < -0.3 is 15.2 Å². The lowest BCUT2D eigenvalue weighted by Crippen LogP contribution is -2.17. The van der Waals surface area contributed by atoms with Crippen molar-refractivity contribution in [3.63, 3.8) is 0 Å². The van der Waals surface area contributed by atoms with Gasteiger partial charge in [-0.15, -0.1) is 0 Å². The standard InChI is InChI=1S/C12H17N3O6/c16-5-7-21-6-1-4-13-9-10-2-3-11(14(17)18)8-12(10)15(19)20/h2-3,8,13,16H,1,4-7,9H2. The smallest absolute Gasteiger partial charge is 0.280 e. The molecule has 2 N–H and O–H groups in total. The van der Waals surface area contributed by atoms with E-state index in [2.05, 4.69) is 5.32 Å². The SMILES string of the molecule is O=[N+]([O-])c1ccc(CNCCCOCCO)c([N+](=O)[O-])c1. The lowest BCUT2D eigenvalue weighted by molar-refractivity contribution is -0.394. The maximum absolute atomic E-state index is 10.9. The summed E-state index contributed by atoms with van der Waals surface area (Å²) in [4.78, 5) is 20.2. The van der Waals surface area contributed by atoms with Crippen LogP contribution < -0.4 is 5.32 Å². The van der Waals surface area contributed by atoms with Crippen LogP contribution in [-0.4, -0.2) is 41.3 Å². The molecule has 1 aromatic rings. The first-order chi connectivity index (χ1) is 10.1. The van der Waals surface area contributed by atoms with Crippen molar-refractivity contribution in [1.29, 1.82) is 0 Å². The third kappa shape index (κ3) is 5.81. The Morgan fingerprint density at radius 2 is 1.95 bits per heavy atom. The quantitative estimate of drug-likeness (QED) is 0.374. The van der Waals surface area contributed by atoms with Crippen LogP contribution in [0.3, 0.4) is 0 Å². The summed E-state index contributed by atoms with van der Waals surface area (Å²) >= 11 is 0. The molecule has 1 aromatic carbocycles. The normalized spacial score (nSPS) is 10.5. The van der Waals surface area contributed by atoms with Crippen molar-refractivity contribution in [1.82, 2.24) is 5.32 Å². The molecule has 9 nitrogen and oxygen atoms in total. The average molecular weight is 299 g/mol. The fourth-order valence-electron chi connectivity index (χ4n) is 1.67. The van der Waals surface area contributed by atoms with Crippen molar-refractivity contribution < 1.29 is 19.7 Å². The number of nitro benzene ring substituents is 2. The second-order valence-electron chi connectivity index (χ2n) is 4.19. The summed E-state index contributed by atoms with van der Waals surface area (Å²) < 4.78 is 5.07. The highest BCUT2D eigenvalue weighted by Crippen LogP contribution is 2.24. The van der Waals surface area contributed by atoms with Gasteiger partial charge in [0.15, 0.2) is 0 Å². The Morgan fingerprint density at radius 3 is 2.57 bits per heavy atom. The fourth-order valence-corrected chi connectivity index (χ4v) is 1.67. The molecule has 0 spiro atoms. The number of nitrogens with one attached hydrogen (secondary N) is 1. The molecule has 0 saturated heterocycles. The number of aliphatic hydroxyl groups excluding tert-OH is 1. The van der Waals surface area contributed by atoms with E-state index < -0.39 is 9.85 Å². The second kappa shape index (κ2) is 8.95. The van der Waals surface area contributed by atoms with E-state index in [9.17, 15) is 20.2 Å². The van der Waals surface area contributed by atoms with E-state index in [4.69, 9.17) is 9.84 Å². The third-order valence-corrected chi connectivity index (χ3v) is 2.67. The minimum Gasteiger partial charge on any atom is -0.394 e. The molecule has 1 rings (SSSR count). The maximum Gasteiger partial charge on any atom is 0.280 e. The van der Waals surface area contributed by atoms with E-state index in [1.165, 1.54) is 12.1 Å². The molecule has 0 fully saturated rings. The molecule has 9 heteroatoms. The summed E-state index contributed by atoms with van der Waals surface area (Å²) in [7, 11) is 0. The zero-order chi connectivity index (χ0) is 15.7. The van der Waals surface area contributed by atoms with Crippen molar-refractivity contribution in [2.24, 2.45) is 0 Å². The Morgan fingerprint density at radius 1 is 1.19 bits per heavy atom. The first-order valence-electron chi connectivity index (χ1n) is 6.37. The lowest BCUT2D eigenvalue weighted by atomic mass is 10.1. The van der Waals surface area contributed by atoms with Crippen LogP contribution in [0.2, 0.25) is 0 Å². The van der Waals surface area contributed by atoms with Crippen LogP contribution in [0.15, 0.2) is 18.2 Å². The van der Waals surface area contributed by atoms with E-state index >= 15 is 0 Å². The molecule has 0 heterocycles. The van der Waals surface area contributed by atoms with Gasteiger partial charge in [-0.25, -0.2) is 0 Å². The van der Waals surface area contributed by atoms with Crippen LogP contribution in [0.1, 0.15) is 12.0 Å². The number of rotatable bonds is 10. The number of benzene rings is 1. The van der Waals surface area contributed by atoms with E-state index in [0.29, 0.717) is 25.1 Å². The summed E-state index contributed by atoms with van der Waals surface area (Å²) in [6.07, 6.45) is 0.695. The molecule has 0 saturated carbocycles. The highest BCUT2D eigenvalue weighted by atomic mass is 16.6. The molecule has 0 radical (unpaired) electrons. The zero-order valence-corrected chi connectivity index (χ0v) is 11.4. The average Bonchev–Trinajstić information content (AvgIpc) is 2.46. The van der Waals surface area contributed by atoms with Gasteiger partial charge in [-0.05, 0) is 19.0 Å². The molecule has 0 aliphatic heterocycles. The second-order valence-corrected chi connectivity index (χ2v) is 4.19. The largest absolute Gasteiger partial charge is 0.394 e. The van der Waals surface area contributed by atoms with E-state index in [0.717, 1.165) is 6.07 Å². The lowest BCUT2D eigenvalue weighted by Gasteiger charge is -2.06. The maximum atomic E-state index is 10.9. The van der Waals surface area contributed by atoms with E-state index in [1.54, 1.807) is 0 Å². The Kier molecular flexibility index (Phi) is 7.23. The van der Waals surface area contributed by atoms with Crippen LogP contribution >= 0.6 is 0 Å². The van der Waals surface area contributed by atoms with Gasteiger partial charge in [0.1, 0.15) is 0 Å². The molecule has 0 aliphatic rings. The van der Waals surface area contributed by atoms with Gasteiger partial charge in [0.2, 0.25) is 0 Å². The van der Waals surface area contributed by atoms with Crippen molar-refractivity contribution in [2.45, 2.75) is 13.0 Å². The molecule has 116 valence electrons. The van der Waals surface area contributed by atoms with Gasteiger partial charge >= 0.3 is 0 Å². The molecular weight excluding hydrogens is 282 g/mol. The number of hydrogen-bond acceptors (Lipinski definition) is 7. The van der Waals surface area contributed by atoms with Gasteiger partial charge in [-0.2, -0.15) is 0 Å². The van der Waals surface area contributed by atoms with Gasteiger partial charge in [0, 0.05) is 24.8 Å². The van der Waals surface area contributed by atoms with Crippen LogP contribution in [0.5, 0.6) is 0 Å². The molecule has 0 aromatic heterocycles. The van der Waals surface area contributed by atoms with Crippen molar-refractivity contribution >= 4 is 11.4 Å². The van der Waals surface area contributed by atoms with Crippen LogP contribution in [0, 0.1) is 20.2 Å². The molecule has 0 bridgehead atoms. The molecule has 21 heavy (non-hydrogen) atoms. The van der Waals surface area contributed by atoms with Crippen molar-refractivity contribution in [2.75, 3.05) is 26.4 Å². The number of nitro groups is 2. The molecule has 0 amide bonds. The minimum absolute atomic E-state index is 0.0254. The van der Waals surface area contributed by atoms with Crippen molar-refractivity contribution in [3.05, 3.63) is 44.0 Å². The van der Waals surface area contributed by atoms with Gasteiger partial charge in [0.25, 0.3) is 11.4 Å². The highest BCUT2D eigenvalue weighted by molar-refractivity contribution is 5.49. The molecular formula is C12H17N3O6. The minimum atomic E-state index is -0.664. The number of nitrogens with zero attached hydrogens (tertiary/aromatic N) is 2. The molecule has 0 aliphatic carbocycles. The summed E-state index contributed by atoms with van der Waals surface area (Å²) in [5, 5.41) is 33.0. The monoisotopic (exact) mass is 299 g/mol. The summed E-state index contributed by atoms with van der Waals surface area (Å²) in [6, 6.07) is 3.58. The van der Waals surface area contributed by atoms with Crippen LogP contribution in [0.4, 0.5) is 11.4 Å². The summed E-state index contributed by atoms with van der Waals surface area (Å²) in [5.41, 5.74) is -0.182. The predicted octanol–water partition coefficient (Wildman–Crippen LogP) is 0.992.